The molecule has 1 rings (SSSR count). The van der Waals surface area contributed by atoms with Gasteiger partial charge in [-0.15, -0.1) is 0 Å². The quantitative estimate of drug-likeness (QED) is 0.375. The first-order chi connectivity index (χ1) is 14.8. The molecule has 0 spiro atoms. The molecule has 176 valence electrons. The number of rotatable bonds is 10. The molecule has 0 aliphatic rings. The maximum atomic E-state index is 5.30. The van der Waals surface area contributed by atoms with Gasteiger partial charge in [0.2, 0.25) is 0 Å². The lowest BCUT2D eigenvalue weighted by molar-refractivity contribution is 0.416. The van der Waals surface area contributed by atoms with Gasteiger partial charge < -0.3 is 10.1 Å². The van der Waals surface area contributed by atoms with E-state index in [-0.39, 0.29) is 0 Å². The fourth-order valence-electron chi connectivity index (χ4n) is 2.55. The molecule has 0 unspecified atom stereocenters. The minimum Gasteiger partial charge on any atom is -0.495 e. The molecule has 1 aromatic carbocycles. The van der Waals surface area contributed by atoms with E-state index in [1.807, 2.05) is 38.1 Å². The lowest BCUT2D eigenvalue weighted by Gasteiger charge is -2.09. The summed E-state index contributed by atoms with van der Waals surface area (Å²) in [6, 6.07) is 7.99. The molecule has 31 heavy (non-hydrogen) atoms. The second kappa shape index (κ2) is 21.0. The molecule has 0 saturated heterocycles. The van der Waals surface area contributed by atoms with Gasteiger partial charge in [0.05, 0.1) is 12.8 Å². The molecule has 2 heteroatoms. The van der Waals surface area contributed by atoms with Gasteiger partial charge in [0, 0.05) is 6.54 Å². The highest BCUT2D eigenvalue weighted by atomic mass is 16.5. The van der Waals surface area contributed by atoms with Crippen LogP contribution in [0, 0.1) is 0 Å². The van der Waals surface area contributed by atoms with Gasteiger partial charge in [0.1, 0.15) is 5.75 Å². The summed E-state index contributed by atoms with van der Waals surface area (Å²) >= 11 is 0. The number of methoxy groups -OCH3 is 1. The molecule has 0 bridgehead atoms. The third-order valence-corrected chi connectivity index (χ3v) is 4.53. The van der Waals surface area contributed by atoms with Gasteiger partial charge in [-0.1, -0.05) is 72.6 Å². The van der Waals surface area contributed by atoms with Crippen molar-refractivity contribution in [3.8, 4) is 5.75 Å². The average Bonchev–Trinajstić information content (AvgIpc) is 2.75. The summed E-state index contributed by atoms with van der Waals surface area (Å²) in [7, 11) is 1.70. The van der Waals surface area contributed by atoms with E-state index in [0.717, 1.165) is 30.8 Å². The van der Waals surface area contributed by atoms with Crippen LogP contribution < -0.4 is 10.1 Å². The number of hydrogen-bond acceptors (Lipinski definition) is 2. The minimum atomic E-state index is 0.834. The maximum absolute atomic E-state index is 5.30. The summed E-state index contributed by atoms with van der Waals surface area (Å²) in [6.07, 6.45) is 13.6. The van der Waals surface area contributed by atoms with E-state index < -0.39 is 0 Å². The lowest BCUT2D eigenvalue weighted by atomic mass is 10.1. The van der Waals surface area contributed by atoms with Crippen molar-refractivity contribution in [3.63, 3.8) is 0 Å². The topological polar surface area (TPSA) is 21.3 Å². The standard InChI is InChI=1S/C17H25NO.C10H18.C2H6/c1-14(2)8-7-9-15(3)12-13-18-16-10-5-6-11-17(16)19-4;1-5-10(4)8-6-7-9(2)3;1-2/h5-6,8,10-12,18H,7,9,13H2,1-4H3;5,7H,6,8H2,1-4H3;1-2H3/b15-12+;10-5+;. The zero-order valence-corrected chi connectivity index (χ0v) is 22.1. The van der Waals surface area contributed by atoms with Crippen molar-refractivity contribution in [2.75, 3.05) is 19.0 Å². The van der Waals surface area contributed by atoms with E-state index in [4.69, 9.17) is 4.74 Å². The zero-order chi connectivity index (χ0) is 24.1. The van der Waals surface area contributed by atoms with Crippen LogP contribution in [0.1, 0.15) is 88.0 Å². The fraction of sp³-hybridized carbons (Fsp3) is 0.517. The molecule has 0 radical (unpaired) electrons. The Labute approximate surface area is 194 Å². The zero-order valence-electron chi connectivity index (χ0n) is 22.1. The Kier molecular flexibility index (Phi) is 21.0. The van der Waals surface area contributed by atoms with Crippen molar-refractivity contribution in [2.45, 2.75) is 88.0 Å². The second-order valence-electron chi connectivity index (χ2n) is 7.91. The predicted molar refractivity (Wildman–Crippen MR) is 143 cm³/mol. The van der Waals surface area contributed by atoms with Crippen LogP contribution in [-0.2, 0) is 0 Å². The first kappa shape index (κ1) is 31.0. The van der Waals surface area contributed by atoms with Crippen LogP contribution in [0.4, 0.5) is 5.69 Å². The number of ether oxygens (including phenoxy) is 1. The van der Waals surface area contributed by atoms with Gasteiger partial charge in [-0.05, 0) is 86.3 Å². The van der Waals surface area contributed by atoms with Gasteiger partial charge >= 0.3 is 0 Å². The number of para-hydroxylation sites is 2. The van der Waals surface area contributed by atoms with Crippen molar-refractivity contribution >= 4 is 5.69 Å². The number of allylic oxidation sites excluding steroid dienone is 7. The number of hydrogen-bond donors (Lipinski definition) is 1. The van der Waals surface area contributed by atoms with Gasteiger partial charge in [-0.25, -0.2) is 0 Å². The lowest BCUT2D eigenvalue weighted by Crippen LogP contribution is -2.01. The Morgan fingerprint density at radius 2 is 1.32 bits per heavy atom. The van der Waals surface area contributed by atoms with Gasteiger partial charge in [-0.2, -0.15) is 0 Å². The molecular weight excluding hydrogens is 378 g/mol. The Hall–Kier alpha value is -2.22. The van der Waals surface area contributed by atoms with Gasteiger partial charge in [-0.3, -0.25) is 0 Å². The van der Waals surface area contributed by atoms with Crippen LogP contribution >= 0.6 is 0 Å². The summed E-state index contributed by atoms with van der Waals surface area (Å²) in [5.74, 6) is 0.887. The van der Waals surface area contributed by atoms with Crippen molar-refractivity contribution in [3.05, 3.63) is 70.9 Å². The van der Waals surface area contributed by atoms with Crippen LogP contribution in [-0.4, -0.2) is 13.7 Å². The Balaban J connectivity index is 0. The second-order valence-corrected chi connectivity index (χ2v) is 7.91. The monoisotopic (exact) mass is 427 g/mol. The first-order valence-corrected chi connectivity index (χ1v) is 11.7. The molecule has 0 fully saturated rings. The molecule has 0 heterocycles. The summed E-state index contributed by atoms with van der Waals surface area (Å²) < 4.78 is 5.30. The van der Waals surface area contributed by atoms with E-state index in [9.17, 15) is 0 Å². The summed E-state index contributed by atoms with van der Waals surface area (Å²) in [5.41, 5.74) is 6.75. The molecule has 0 atom stereocenters. The third-order valence-electron chi connectivity index (χ3n) is 4.53. The van der Waals surface area contributed by atoms with E-state index >= 15 is 0 Å². The third kappa shape index (κ3) is 19.5. The molecule has 0 aliphatic carbocycles. The Morgan fingerprint density at radius 3 is 1.81 bits per heavy atom. The SMILES string of the molecule is C/C=C(\C)CCC=C(C)C.CC.COc1ccccc1NC/C=C(\C)CCC=C(C)C. The smallest absolute Gasteiger partial charge is 0.141 e. The van der Waals surface area contributed by atoms with Crippen molar-refractivity contribution in [1.82, 2.24) is 0 Å². The molecule has 0 aromatic heterocycles. The van der Waals surface area contributed by atoms with Crippen LogP contribution in [0.5, 0.6) is 5.75 Å². The van der Waals surface area contributed by atoms with E-state index in [0.29, 0.717) is 0 Å². The summed E-state index contributed by atoms with van der Waals surface area (Å²) in [5, 5.41) is 3.38. The van der Waals surface area contributed by atoms with Crippen molar-refractivity contribution in [2.24, 2.45) is 0 Å². The highest BCUT2D eigenvalue weighted by molar-refractivity contribution is 5.56. The van der Waals surface area contributed by atoms with Crippen molar-refractivity contribution < 1.29 is 4.74 Å². The molecular formula is C29H49NO. The Bertz CT molecular complexity index is 684. The summed E-state index contributed by atoms with van der Waals surface area (Å²) in [6.45, 7) is 19.9. The fourth-order valence-corrected chi connectivity index (χ4v) is 2.55. The molecule has 0 saturated carbocycles. The van der Waals surface area contributed by atoms with Crippen LogP contribution in [0.15, 0.2) is 70.9 Å². The van der Waals surface area contributed by atoms with E-state index in [1.165, 1.54) is 35.1 Å². The number of anilines is 1. The van der Waals surface area contributed by atoms with Gasteiger partial charge in [0.25, 0.3) is 0 Å². The Morgan fingerprint density at radius 1 is 0.806 bits per heavy atom. The van der Waals surface area contributed by atoms with Gasteiger partial charge in [0.15, 0.2) is 0 Å². The number of benzene rings is 1. The minimum absolute atomic E-state index is 0.834. The van der Waals surface area contributed by atoms with Crippen LogP contribution in [0.2, 0.25) is 0 Å². The van der Waals surface area contributed by atoms with Crippen molar-refractivity contribution in [1.29, 1.82) is 0 Å². The summed E-state index contributed by atoms with van der Waals surface area (Å²) in [4.78, 5) is 0. The average molecular weight is 428 g/mol. The molecule has 0 aliphatic heterocycles. The highest BCUT2D eigenvalue weighted by Gasteiger charge is 1.98. The predicted octanol–water partition coefficient (Wildman–Crippen LogP) is 9.52. The molecule has 1 N–H and O–H groups in total. The molecule has 2 nitrogen and oxygen atoms in total. The van der Waals surface area contributed by atoms with E-state index in [1.54, 1.807) is 7.11 Å². The normalized spacial score (nSPS) is 10.6. The number of nitrogens with one attached hydrogen (secondary N) is 1. The molecule has 0 amide bonds. The molecule has 1 aromatic rings. The highest BCUT2D eigenvalue weighted by Crippen LogP contribution is 2.22. The largest absolute Gasteiger partial charge is 0.495 e. The van der Waals surface area contributed by atoms with E-state index in [2.05, 4.69) is 78.1 Å². The maximum Gasteiger partial charge on any atom is 0.141 e. The van der Waals surface area contributed by atoms with Crippen LogP contribution in [0.25, 0.3) is 0 Å². The van der Waals surface area contributed by atoms with Crippen LogP contribution in [0.3, 0.4) is 0 Å². The first-order valence-electron chi connectivity index (χ1n) is 11.7.